The van der Waals surface area contributed by atoms with Crippen molar-refractivity contribution < 1.29 is 5.11 Å². The minimum atomic E-state index is -0.367. The zero-order chi connectivity index (χ0) is 11.3. The molecule has 1 heterocycles. The Morgan fingerprint density at radius 1 is 1.47 bits per heavy atom. The first-order valence-corrected chi connectivity index (χ1v) is 5.86. The summed E-state index contributed by atoms with van der Waals surface area (Å²) in [6.45, 7) is 4.32. The third-order valence-corrected chi connectivity index (χ3v) is 3.06. The molecule has 0 amide bonds. The molecule has 1 rings (SSSR count). The molecule has 0 aliphatic rings. The van der Waals surface area contributed by atoms with Gasteiger partial charge in [0.05, 0.1) is 11.8 Å². The van der Waals surface area contributed by atoms with E-state index in [1.54, 1.807) is 10.9 Å². The summed E-state index contributed by atoms with van der Waals surface area (Å²) in [5.41, 5.74) is 0.929. The van der Waals surface area contributed by atoms with E-state index in [1.807, 2.05) is 13.1 Å². The average molecular weight is 210 g/mol. The summed E-state index contributed by atoms with van der Waals surface area (Å²) in [6, 6.07) is 1.90. The molecule has 15 heavy (non-hydrogen) atoms. The Labute approximate surface area is 92.1 Å². The Balaban J connectivity index is 2.64. The number of aromatic nitrogens is 2. The number of aliphatic hydroxyl groups excluding tert-OH is 1. The fourth-order valence-corrected chi connectivity index (χ4v) is 1.97. The first-order valence-electron chi connectivity index (χ1n) is 5.86. The molecular formula is C12H22N2O. The molecule has 0 saturated carbocycles. The fourth-order valence-electron chi connectivity index (χ4n) is 1.97. The van der Waals surface area contributed by atoms with Crippen LogP contribution in [0.3, 0.4) is 0 Å². The molecule has 3 heteroatoms. The normalized spacial score (nSPS) is 15.2. The summed E-state index contributed by atoms with van der Waals surface area (Å²) in [7, 11) is 1.88. The van der Waals surface area contributed by atoms with Gasteiger partial charge in [-0.05, 0) is 18.4 Å². The van der Waals surface area contributed by atoms with Gasteiger partial charge in [0.2, 0.25) is 0 Å². The zero-order valence-electron chi connectivity index (χ0n) is 9.98. The predicted molar refractivity (Wildman–Crippen MR) is 61.5 cm³/mol. The number of unbranched alkanes of at least 4 members (excludes halogenated alkanes) is 1. The maximum atomic E-state index is 10.2. The maximum absolute atomic E-state index is 10.2. The minimum absolute atomic E-state index is 0.361. The second kappa shape index (κ2) is 5.91. The van der Waals surface area contributed by atoms with Crippen molar-refractivity contribution in [1.29, 1.82) is 0 Å². The van der Waals surface area contributed by atoms with E-state index < -0.39 is 0 Å². The quantitative estimate of drug-likeness (QED) is 0.784. The fraction of sp³-hybridized carbons (Fsp3) is 0.750. The molecule has 0 spiro atoms. The molecule has 0 fully saturated rings. The maximum Gasteiger partial charge on any atom is 0.0984 e. The molecule has 0 aliphatic heterocycles. The van der Waals surface area contributed by atoms with Gasteiger partial charge < -0.3 is 5.11 Å². The first-order chi connectivity index (χ1) is 7.20. The van der Waals surface area contributed by atoms with Crippen LogP contribution in [-0.4, -0.2) is 14.9 Å². The highest BCUT2D eigenvalue weighted by atomic mass is 16.3. The highest BCUT2D eigenvalue weighted by molar-refractivity contribution is 5.05. The van der Waals surface area contributed by atoms with Crippen LogP contribution in [0.5, 0.6) is 0 Å². The number of rotatable bonds is 6. The molecule has 1 N–H and O–H groups in total. The van der Waals surface area contributed by atoms with Gasteiger partial charge in [-0.15, -0.1) is 0 Å². The van der Waals surface area contributed by atoms with Crippen LogP contribution in [0.1, 0.15) is 51.3 Å². The van der Waals surface area contributed by atoms with E-state index in [1.165, 1.54) is 12.8 Å². The van der Waals surface area contributed by atoms with Gasteiger partial charge in [0.25, 0.3) is 0 Å². The minimum Gasteiger partial charge on any atom is -0.387 e. The van der Waals surface area contributed by atoms with Gasteiger partial charge in [-0.25, -0.2) is 0 Å². The van der Waals surface area contributed by atoms with Gasteiger partial charge >= 0.3 is 0 Å². The summed E-state index contributed by atoms with van der Waals surface area (Å²) >= 11 is 0. The highest BCUT2D eigenvalue weighted by Gasteiger charge is 2.20. The molecule has 0 aliphatic carbocycles. The second-order valence-electron chi connectivity index (χ2n) is 4.14. The largest absolute Gasteiger partial charge is 0.387 e. The molecule has 2 atom stereocenters. The van der Waals surface area contributed by atoms with Crippen LogP contribution < -0.4 is 0 Å². The summed E-state index contributed by atoms with van der Waals surface area (Å²) in [5, 5.41) is 14.3. The lowest BCUT2D eigenvalue weighted by atomic mass is 9.91. The molecule has 0 radical (unpaired) electrons. The van der Waals surface area contributed by atoms with Gasteiger partial charge in [-0.2, -0.15) is 5.10 Å². The van der Waals surface area contributed by atoms with Crippen LogP contribution in [0, 0.1) is 5.92 Å². The van der Waals surface area contributed by atoms with Crippen molar-refractivity contribution in [3.63, 3.8) is 0 Å². The van der Waals surface area contributed by atoms with E-state index in [4.69, 9.17) is 0 Å². The van der Waals surface area contributed by atoms with Crippen LogP contribution in [0.4, 0.5) is 0 Å². The Morgan fingerprint density at radius 3 is 2.67 bits per heavy atom. The van der Waals surface area contributed by atoms with Gasteiger partial charge in [0, 0.05) is 13.2 Å². The molecule has 0 bridgehead atoms. The summed E-state index contributed by atoms with van der Waals surface area (Å²) in [6.07, 6.45) is 5.87. The lowest BCUT2D eigenvalue weighted by molar-refractivity contribution is 0.0912. The SMILES string of the molecule is CCCCC(CC)C(O)c1ccnn1C. The zero-order valence-corrected chi connectivity index (χ0v) is 9.98. The number of nitrogens with zero attached hydrogens (tertiary/aromatic N) is 2. The first kappa shape index (κ1) is 12.2. The van der Waals surface area contributed by atoms with Crippen molar-refractivity contribution in [2.75, 3.05) is 0 Å². The van der Waals surface area contributed by atoms with Crippen molar-refractivity contribution >= 4 is 0 Å². The van der Waals surface area contributed by atoms with Crippen LogP contribution in [-0.2, 0) is 7.05 Å². The lowest BCUT2D eigenvalue weighted by Gasteiger charge is -2.21. The molecule has 0 aromatic carbocycles. The molecule has 1 aromatic rings. The van der Waals surface area contributed by atoms with Gasteiger partial charge in [0.15, 0.2) is 0 Å². The lowest BCUT2D eigenvalue weighted by Crippen LogP contribution is -2.15. The number of aryl methyl sites for hydroxylation is 1. The predicted octanol–water partition coefficient (Wildman–Crippen LogP) is 2.67. The topological polar surface area (TPSA) is 38.1 Å². The summed E-state index contributed by atoms with van der Waals surface area (Å²) < 4.78 is 1.76. The van der Waals surface area contributed by atoms with E-state index in [9.17, 15) is 5.11 Å². The molecule has 1 aromatic heterocycles. The summed E-state index contributed by atoms with van der Waals surface area (Å²) in [5.74, 6) is 0.361. The molecular weight excluding hydrogens is 188 g/mol. The molecule has 0 saturated heterocycles. The van der Waals surface area contributed by atoms with Crippen molar-refractivity contribution in [2.45, 2.75) is 45.6 Å². The highest BCUT2D eigenvalue weighted by Crippen LogP contribution is 2.28. The van der Waals surface area contributed by atoms with Crippen molar-refractivity contribution in [3.8, 4) is 0 Å². The third kappa shape index (κ3) is 3.06. The second-order valence-corrected chi connectivity index (χ2v) is 4.14. The van der Waals surface area contributed by atoms with Gasteiger partial charge in [-0.3, -0.25) is 4.68 Å². The standard InChI is InChI=1S/C12H22N2O/c1-4-6-7-10(5-2)12(15)11-8-9-13-14(11)3/h8-10,12,15H,4-7H2,1-3H3. The van der Waals surface area contributed by atoms with Crippen molar-refractivity contribution in [3.05, 3.63) is 18.0 Å². The van der Waals surface area contributed by atoms with E-state index in [-0.39, 0.29) is 6.10 Å². The van der Waals surface area contributed by atoms with Gasteiger partial charge in [0.1, 0.15) is 0 Å². The van der Waals surface area contributed by atoms with E-state index in [2.05, 4.69) is 18.9 Å². The Morgan fingerprint density at radius 2 is 2.20 bits per heavy atom. The van der Waals surface area contributed by atoms with Crippen LogP contribution in [0.2, 0.25) is 0 Å². The number of aliphatic hydroxyl groups is 1. The molecule has 3 nitrogen and oxygen atoms in total. The van der Waals surface area contributed by atoms with E-state index >= 15 is 0 Å². The number of hydrogen-bond donors (Lipinski definition) is 1. The van der Waals surface area contributed by atoms with Crippen LogP contribution in [0.15, 0.2) is 12.3 Å². The third-order valence-electron chi connectivity index (χ3n) is 3.06. The number of hydrogen-bond acceptors (Lipinski definition) is 2. The Hall–Kier alpha value is -0.830. The Bertz CT molecular complexity index is 283. The van der Waals surface area contributed by atoms with E-state index in [0.717, 1.165) is 18.5 Å². The monoisotopic (exact) mass is 210 g/mol. The van der Waals surface area contributed by atoms with Crippen LogP contribution in [0.25, 0.3) is 0 Å². The smallest absolute Gasteiger partial charge is 0.0984 e. The molecule has 2 unspecified atom stereocenters. The van der Waals surface area contributed by atoms with Crippen LogP contribution >= 0.6 is 0 Å². The van der Waals surface area contributed by atoms with Gasteiger partial charge in [-0.1, -0.05) is 33.1 Å². The van der Waals surface area contributed by atoms with E-state index in [0.29, 0.717) is 5.92 Å². The van der Waals surface area contributed by atoms with Crippen molar-refractivity contribution in [2.24, 2.45) is 13.0 Å². The average Bonchev–Trinajstić information content (AvgIpc) is 2.65. The Kier molecular flexibility index (Phi) is 4.82. The van der Waals surface area contributed by atoms with Crippen molar-refractivity contribution in [1.82, 2.24) is 9.78 Å². The summed E-state index contributed by atoms with van der Waals surface area (Å²) in [4.78, 5) is 0. The molecule has 86 valence electrons.